The number of aliphatic carboxylic acids is 1. The number of pyridine rings is 1. The number of anilines is 1. The van der Waals surface area contributed by atoms with Gasteiger partial charge >= 0.3 is 5.97 Å². The van der Waals surface area contributed by atoms with Gasteiger partial charge in [-0.15, -0.1) is 12.4 Å². The zero-order valence-corrected chi connectivity index (χ0v) is 13.1. The Bertz CT molecular complexity index is 465. The van der Waals surface area contributed by atoms with Gasteiger partial charge in [0.05, 0.1) is 16.5 Å². The summed E-state index contributed by atoms with van der Waals surface area (Å²) in [6.45, 7) is 3.79. The lowest BCUT2D eigenvalue weighted by molar-refractivity contribution is -0.137. The number of carbonyl (C=O) groups is 1. The van der Waals surface area contributed by atoms with Gasteiger partial charge in [-0.05, 0) is 6.07 Å². The standard InChI is InChI=1S/C12H15Cl2N3O2.ClH/c13-9-7-10(14)12(15-8-9)17-5-3-16(4-6-17)2-1-11(18)19;/h7-8H,1-6H2,(H,18,19);1H. The van der Waals surface area contributed by atoms with Crippen molar-refractivity contribution in [3.8, 4) is 0 Å². The van der Waals surface area contributed by atoms with Gasteiger partial charge in [-0.3, -0.25) is 9.69 Å². The number of hydrogen-bond acceptors (Lipinski definition) is 4. The molecule has 20 heavy (non-hydrogen) atoms. The lowest BCUT2D eigenvalue weighted by Gasteiger charge is -2.35. The normalized spacial score (nSPS) is 15.8. The minimum absolute atomic E-state index is 0. The Hall–Kier alpha value is -0.750. The third-order valence-electron chi connectivity index (χ3n) is 3.10. The predicted molar refractivity (Wildman–Crippen MR) is 82.4 cm³/mol. The Morgan fingerprint density at radius 3 is 2.50 bits per heavy atom. The molecular formula is C12H16Cl3N3O2. The summed E-state index contributed by atoms with van der Waals surface area (Å²) in [4.78, 5) is 19.0. The quantitative estimate of drug-likeness (QED) is 0.912. The van der Waals surface area contributed by atoms with Gasteiger partial charge in [-0.1, -0.05) is 23.2 Å². The van der Waals surface area contributed by atoms with Crippen LogP contribution in [0.15, 0.2) is 12.3 Å². The zero-order valence-electron chi connectivity index (χ0n) is 10.8. The van der Waals surface area contributed by atoms with Crippen molar-refractivity contribution in [3.63, 3.8) is 0 Å². The molecule has 0 saturated carbocycles. The first-order chi connectivity index (χ1) is 9.06. The van der Waals surface area contributed by atoms with Crippen molar-refractivity contribution in [1.29, 1.82) is 0 Å². The molecule has 0 atom stereocenters. The molecule has 2 heterocycles. The topological polar surface area (TPSA) is 56.7 Å². The molecule has 0 spiro atoms. The Kier molecular flexibility index (Phi) is 6.82. The number of halogens is 3. The van der Waals surface area contributed by atoms with E-state index in [0.717, 1.165) is 32.0 Å². The van der Waals surface area contributed by atoms with Gasteiger partial charge in [0.15, 0.2) is 0 Å². The fourth-order valence-electron chi connectivity index (χ4n) is 2.08. The molecule has 1 aromatic rings. The molecule has 1 saturated heterocycles. The highest BCUT2D eigenvalue weighted by molar-refractivity contribution is 6.36. The van der Waals surface area contributed by atoms with Crippen LogP contribution in [0.2, 0.25) is 10.0 Å². The largest absolute Gasteiger partial charge is 0.481 e. The van der Waals surface area contributed by atoms with E-state index in [9.17, 15) is 4.79 Å². The second-order valence-corrected chi connectivity index (χ2v) is 5.28. The number of carboxylic acids is 1. The first kappa shape index (κ1) is 17.3. The fraction of sp³-hybridized carbons (Fsp3) is 0.500. The smallest absolute Gasteiger partial charge is 0.304 e. The van der Waals surface area contributed by atoms with Crippen molar-refractivity contribution in [2.45, 2.75) is 6.42 Å². The number of rotatable bonds is 4. The molecule has 5 nitrogen and oxygen atoms in total. The highest BCUT2D eigenvalue weighted by Crippen LogP contribution is 2.26. The van der Waals surface area contributed by atoms with E-state index in [-0.39, 0.29) is 18.8 Å². The molecule has 0 unspecified atom stereocenters. The molecule has 112 valence electrons. The average Bonchev–Trinajstić information content (AvgIpc) is 2.37. The summed E-state index contributed by atoms with van der Waals surface area (Å²) < 4.78 is 0. The van der Waals surface area contributed by atoms with Crippen molar-refractivity contribution in [2.24, 2.45) is 0 Å². The van der Waals surface area contributed by atoms with Crippen molar-refractivity contribution in [1.82, 2.24) is 9.88 Å². The SMILES string of the molecule is Cl.O=C(O)CCN1CCN(c2ncc(Cl)cc2Cl)CC1. The van der Waals surface area contributed by atoms with Gasteiger partial charge in [0.25, 0.3) is 0 Å². The molecule has 1 fully saturated rings. The van der Waals surface area contributed by atoms with E-state index in [1.165, 1.54) is 0 Å². The minimum Gasteiger partial charge on any atom is -0.481 e. The van der Waals surface area contributed by atoms with Crippen molar-refractivity contribution >= 4 is 47.4 Å². The summed E-state index contributed by atoms with van der Waals surface area (Å²) in [5.41, 5.74) is 0. The van der Waals surface area contributed by atoms with Crippen LogP contribution in [0, 0.1) is 0 Å². The maximum atomic E-state index is 10.5. The van der Waals surface area contributed by atoms with Crippen molar-refractivity contribution in [3.05, 3.63) is 22.3 Å². The molecule has 0 aliphatic carbocycles. The molecule has 0 bridgehead atoms. The van der Waals surface area contributed by atoms with Crippen LogP contribution in [-0.2, 0) is 4.79 Å². The summed E-state index contributed by atoms with van der Waals surface area (Å²) in [5.74, 6) is -0.0196. The second kappa shape index (κ2) is 7.88. The molecule has 1 aliphatic heterocycles. The average molecular weight is 341 g/mol. The maximum absolute atomic E-state index is 10.5. The summed E-state index contributed by atoms with van der Waals surface area (Å²) in [6, 6.07) is 1.68. The van der Waals surface area contributed by atoms with Crippen molar-refractivity contribution in [2.75, 3.05) is 37.6 Å². The lowest BCUT2D eigenvalue weighted by Crippen LogP contribution is -2.47. The highest BCUT2D eigenvalue weighted by Gasteiger charge is 2.20. The van der Waals surface area contributed by atoms with Crippen LogP contribution >= 0.6 is 35.6 Å². The van der Waals surface area contributed by atoms with Crippen LogP contribution in [0.1, 0.15) is 6.42 Å². The minimum atomic E-state index is -0.759. The predicted octanol–water partition coefficient (Wildman–Crippen LogP) is 2.41. The van der Waals surface area contributed by atoms with Crippen LogP contribution in [-0.4, -0.2) is 53.7 Å². The van der Waals surface area contributed by atoms with E-state index in [4.69, 9.17) is 28.3 Å². The van der Waals surface area contributed by atoms with E-state index >= 15 is 0 Å². The molecule has 0 aromatic carbocycles. The number of hydrogen-bond donors (Lipinski definition) is 1. The molecule has 0 amide bonds. The molecular weight excluding hydrogens is 325 g/mol. The van der Waals surface area contributed by atoms with Gasteiger partial charge in [0.1, 0.15) is 5.82 Å². The van der Waals surface area contributed by atoms with Crippen LogP contribution < -0.4 is 4.90 Å². The van der Waals surface area contributed by atoms with Crippen LogP contribution in [0.3, 0.4) is 0 Å². The summed E-state index contributed by atoms with van der Waals surface area (Å²) in [5, 5.41) is 9.73. The van der Waals surface area contributed by atoms with Crippen molar-refractivity contribution < 1.29 is 9.90 Å². The Balaban J connectivity index is 0.00000200. The van der Waals surface area contributed by atoms with Gasteiger partial charge in [-0.2, -0.15) is 0 Å². The molecule has 2 rings (SSSR count). The number of nitrogens with zero attached hydrogens (tertiary/aromatic N) is 3. The fourth-order valence-corrected chi connectivity index (χ4v) is 2.58. The molecule has 1 aromatic heterocycles. The van der Waals surface area contributed by atoms with Gasteiger partial charge < -0.3 is 10.0 Å². The lowest BCUT2D eigenvalue weighted by atomic mass is 10.3. The first-order valence-corrected chi connectivity index (χ1v) is 6.82. The summed E-state index contributed by atoms with van der Waals surface area (Å²) >= 11 is 11.9. The zero-order chi connectivity index (χ0) is 13.8. The van der Waals surface area contributed by atoms with Gasteiger partial charge in [0.2, 0.25) is 0 Å². The van der Waals surface area contributed by atoms with Crippen LogP contribution in [0.25, 0.3) is 0 Å². The molecule has 1 aliphatic rings. The highest BCUT2D eigenvalue weighted by atomic mass is 35.5. The second-order valence-electron chi connectivity index (χ2n) is 4.43. The Morgan fingerprint density at radius 2 is 1.95 bits per heavy atom. The van der Waals surface area contributed by atoms with E-state index in [1.807, 2.05) is 0 Å². The third-order valence-corrected chi connectivity index (χ3v) is 3.59. The van der Waals surface area contributed by atoms with E-state index in [2.05, 4.69) is 14.8 Å². The maximum Gasteiger partial charge on any atom is 0.304 e. The van der Waals surface area contributed by atoms with Crippen LogP contribution in [0.4, 0.5) is 5.82 Å². The third kappa shape index (κ3) is 4.66. The van der Waals surface area contributed by atoms with Crippen LogP contribution in [0.5, 0.6) is 0 Å². The molecule has 1 N–H and O–H groups in total. The van der Waals surface area contributed by atoms with E-state index < -0.39 is 5.97 Å². The first-order valence-electron chi connectivity index (χ1n) is 6.06. The Labute approximate surface area is 133 Å². The summed E-state index contributed by atoms with van der Waals surface area (Å²) in [7, 11) is 0. The Morgan fingerprint density at radius 1 is 1.30 bits per heavy atom. The number of carboxylic acid groups (broad SMARTS) is 1. The van der Waals surface area contributed by atoms with E-state index in [1.54, 1.807) is 12.3 Å². The number of piperazine rings is 1. The monoisotopic (exact) mass is 339 g/mol. The number of aromatic nitrogens is 1. The summed E-state index contributed by atoms with van der Waals surface area (Å²) in [6.07, 6.45) is 1.76. The van der Waals surface area contributed by atoms with E-state index in [0.29, 0.717) is 16.6 Å². The molecule has 0 radical (unpaired) electrons. The molecule has 8 heteroatoms. The van der Waals surface area contributed by atoms with Gasteiger partial charge in [0, 0.05) is 38.9 Å². The van der Waals surface area contributed by atoms with Gasteiger partial charge in [-0.25, -0.2) is 4.98 Å².